The van der Waals surface area contributed by atoms with Gasteiger partial charge >= 0.3 is 0 Å². The number of methoxy groups -OCH3 is 1. The summed E-state index contributed by atoms with van der Waals surface area (Å²) in [5.41, 5.74) is 1.04. The Kier molecular flexibility index (Phi) is 2.86. The van der Waals surface area contributed by atoms with Crippen LogP contribution in [-0.4, -0.2) is 23.2 Å². The molecule has 2 aromatic rings. The van der Waals surface area contributed by atoms with Crippen LogP contribution in [0.1, 0.15) is 10.5 Å². The summed E-state index contributed by atoms with van der Waals surface area (Å²) in [5, 5.41) is 9.03. The lowest BCUT2D eigenvalue weighted by Crippen LogP contribution is -2.13. The monoisotopic (exact) mass is 217 g/mol. The third kappa shape index (κ3) is 2.03. The van der Waals surface area contributed by atoms with Crippen LogP contribution >= 0.6 is 0 Å². The van der Waals surface area contributed by atoms with Gasteiger partial charge in [0.2, 0.25) is 0 Å². The van der Waals surface area contributed by atoms with Gasteiger partial charge < -0.3 is 10.1 Å². The van der Waals surface area contributed by atoms with Crippen LogP contribution < -0.4 is 10.1 Å². The molecular formula is C11H11N3O2. The van der Waals surface area contributed by atoms with Crippen molar-refractivity contribution in [3.8, 4) is 5.75 Å². The zero-order chi connectivity index (χ0) is 11.4. The van der Waals surface area contributed by atoms with Crippen LogP contribution in [0.3, 0.4) is 0 Å². The molecule has 0 fully saturated rings. The van der Waals surface area contributed by atoms with Gasteiger partial charge in [-0.05, 0) is 18.2 Å². The molecule has 16 heavy (non-hydrogen) atoms. The van der Waals surface area contributed by atoms with Crippen LogP contribution in [0.5, 0.6) is 5.75 Å². The number of anilines is 1. The summed E-state index contributed by atoms with van der Waals surface area (Å²) >= 11 is 0. The van der Waals surface area contributed by atoms with Gasteiger partial charge in [-0.1, -0.05) is 12.1 Å². The van der Waals surface area contributed by atoms with E-state index in [1.165, 1.54) is 6.20 Å². The van der Waals surface area contributed by atoms with E-state index in [-0.39, 0.29) is 5.91 Å². The summed E-state index contributed by atoms with van der Waals surface area (Å²) in [7, 11) is 1.56. The van der Waals surface area contributed by atoms with E-state index >= 15 is 0 Å². The van der Waals surface area contributed by atoms with Gasteiger partial charge in [0.15, 0.2) is 0 Å². The van der Waals surface area contributed by atoms with E-state index in [4.69, 9.17) is 4.74 Å². The number of carbonyl (C=O) groups is 1. The van der Waals surface area contributed by atoms with Crippen molar-refractivity contribution in [2.75, 3.05) is 12.4 Å². The molecular weight excluding hydrogens is 206 g/mol. The first-order valence-corrected chi connectivity index (χ1v) is 4.75. The SMILES string of the molecule is COc1ccccc1NC(=O)c1ccn[nH]1. The second-order valence-electron chi connectivity index (χ2n) is 3.12. The Bertz CT molecular complexity index is 480. The maximum absolute atomic E-state index is 11.7. The number of hydrogen-bond acceptors (Lipinski definition) is 3. The van der Waals surface area contributed by atoms with Gasteiger partial charge in [0.05, 0.1) is 12.8 Å². The van der Waals surface area contributed by atoms with Gasteiger partial charge in [-0.25, -0.2) is 0 Å². The Morgan fingerprint density at radius 3 is 2.88 bits per heavy atom. The fourth-order valence-corrected chi connectivity index (χ4v) is 1.32. The Hall–Kier alpha value is -2.30. The Balaban J connectivity index is 2.18. The number of nitrogens with one attached hydrogen (secondary N) is 2. The molecule has 1 heterocycles. The smallest absolute Gasteiger partial charge is 0.273 e. The molecule has 0 radical (unpaired) electrons. The van der Waals surface area contributed by atoms with Gasteiger partial charge in [0, 0.05) is 6.20 Å². The van der Waals surface area contributed by atoms with Gasteiger partial charge in [-0.15, -0.1) is 0 Å². The number of H-pyrrole nitrogens is 1. The minimum Gasteiger partial charge on any atom is -0.495 e. The summed E-state index contributed by atoms with van der Waals surface area (Å²) in [5.74, 6) is 0.373. The van der Waals surface area contributed by atoms with E-state index < -0.39 is 0 Å². The average Bonchev–Trinajstić information content (AvgIpc) is 2.83. The molecule has 0 aliphatic heterocycles. The highest BCUT2D eigenvalue weighted by atomic mass is 16.5. The number of benzene rings is 1. The lowest BCUT2D eigenvalue weighted by Gasteiger charge is -2.08. The van der Waals surface area contributed by atoms with Gasteiger partial charge in [-0.2, -0.15) is 5.10 Å². The van der Waals surface area contributed by atoms with E-state index in [0.29, 0.717) is 17.1 Å². The second-order valence-corrected chi connectivity index (χ2v) is 3.12. The topological polar surface area (TPSA) is 67.0 Å². The summed E-state index contributed by atoms with van der Waals surface area (Å²) in [6.07, 6.45) is 1.52. The highest BCUT2D eigenvalue weighted by Gasteiger charge is 2.09. The van der Waals surface area contributed by atoms with Crippen molar-refractivity contribution in [1.82, 2.24) is 10.2 Å². The van der Waals surface area contributed by atoms with Crippen LogP contribution in [-0.2, 0) is 0 Å². The maximum atomic E-state index is 11.7. The molecule has 0 saturated heterocycles. The van der Waals surface area contributed by atoms with Crippen LogP contribution in [0.25, 0.3) is 0 Å². The number of aromatic amines is 1. The molecule has 5 heteroatoms. The number of para-hydroxylation sites is 2. The summed E-state index contributed by atoms with van der Waals surface area (Å²) in [6.45, 7) is 0. The molecule has 1 amide bonds. The van der Waals surface area contributed by atoms with Crippen molar-refractivity contribution in [3.05, 3.63) is 42.2 Å². The van der Waals surface area contributed by atoms with Crippen LogP contribution in [0.2, 0.25) is 0 Å². The van der Waals surface area contributed by atoms with Gasteiger partial charge in [-0.3, -0.25) is 9.89 Å². The number of aromatic nitrogens is 2. The third-order valence-corrected chi connectivity index (χ3v) is 2.10. The van der Waals surface area contributed by atoms with Gasteiger partial charge in [0.25, 0.3) is 5.91 Å². The molecule has 1 aromatic carbocycles. The second kappa shape index (κ2) is 4.48. The molecule has 0 spiro atoms. The van der Waals surface area contributed by atoms with Crippen LogP contribution in [0.4, 0.5) is 5.69 Å². The first-order chi connectivity index (χ1) is 7.81. The maximum Gasteiger partial charge on any atom is 0.273 e. The summed E-state index contributed by atoms with van der Waals surface area (Å²) < 4.78 is 5.12. The van der Waals surface area contributed by atoms with Crippen LogP contribution in [0, 0.1) is 0 Å². The van der Waals surface area contributed by atoms with Gasteiger partial charge in [0.1, 0.15) is 11.4 Å². The molecule has 0 atom stereocenters. The Labute approximate surface area is 92.4 Å². The van der Waals surface area contributed by atoms with Crippen LogP contribution in [0.15, 0.2) is 36.5 Å². The molecule has 2 N–H and O–H groups in total. The number of amides is 1. The lowest BCUT2D eigenvalue weighted by atomic mass is 10.3. The molecule has 1 aromatic heterocycles. The van der Waals surface area contributed by atoms with Crippen molar-refractivity contribution in [3.63, 3.8) is 0 Å². The molecule has 5 nitrogen and oxygen atoms in total. The fourth-order valence-electron chi connectivity index (χ4n) is 1.32. The molecule has 0 saturated carbocycles. The van der Waals surface area contributed by atoms with E-state index in [1.807, 2.05) is 12.1 Å². The van der Waals surface area contributed by atoms with E-state index in [0.717, 1.165) is 0 Å². The summed E-state index contributed by atoms with van der Waals surface area (Å²) in [6, 6.07) is 8.82. The molecule has 2 rings (SSSR count). The predicted molar refractivity (Wildman–Crippen MR) is 59.5 cm³/mol. The number of carbonyl (C=O) groups excluding carboxylic acids is 1. The lowest BCUT2D eigenvalue weighted by molar-refractivity contribution is 0.102. The normalized spacial score (nSPS) is 9.81. The highest BCUT2D eigenvalue weighted by Crippen LogP contribution is 2.23. The minimum absolute atomic E-state index is 0.248. The number of nitrogens with zero attached hydrogens (tertiary/aromatic N) is 1. The Morgan fingerprint density at radius 1 is 1.38 bits per heavy atom. The van der Waals surface area contributed by atoms with Crippen molar-refractivity contribution < 1.29 is 9.53 Å². The first-order valence-electron chi connectivity index (χ1n) is 4.75. The fraction of sp³-hybridized carbons (Fsp3) is 0.0909. The first kappa shape index (κ1) is 10.2. The molecule has 0 unspecified atom stereocenters. The van der Waals surface area contributed by atoms with Crippen molar-refractivity contribution in [2.45, 2.75) is 0 Å². The molecule has 0 bridgehead atoms. The number of hydrogen-bond donors (Lipinski definition) is 2. The zero-order valence-electron chi connectivity index (χ0n) is 8.73. The van der Waals surface area contributed by atoms with E-state index in [9.17, 15) is 4.79 Å². The van der Waals surface area contributed by atoms with Crippen molar-refractivity contribution in [1.29, 1.82) is 0 Å². The molecule has 0 aliphatic carbocycles. The zero-order valence-corrected chi connectivity index (χ0v) is 8.73. The average molecular weight is 217 g/mol. The predicted octanol–water partition coefficient (Wildman–Crippen LogP) is 1.67. The number of rotatable bonds is 3. The quantitative estimate of drug-likeness (QED) is 0.821. The highest BCUT2D eigenvalue weighted by molar-refractivity contribution is 6.03. The van der Waals surface area contributed by atoms with E-state index in [2.05, 4.69) is 15.5 Å². The van der Waals surface area contributed by atoms with E-state index in [1.54, 1.807) is 25.3 Å². The summed E-state index contributed by atoms with van der Waals surface area (Å²) in [4.78, 5) is 11.7. The van der Waals surface area contributed by atoms with Crippen molar-refractivity contribution >= 4 is 11.6 Å². The molecule has 0 aliphatic rings. The van der Waals surface area contributed by atoms with Crippen molar-refractivity contribution in [2.24, 2.45) is 0 Å². The minimum atomic E-state index is -0.248. The molecule has 82 valence electrons. The largest absolute Gasteiger partial charge is 0.495 e. The number of ether oxygens (including phenoxy) is 1. The third-order valence-electron chi connectivity index (χ3n) is 2.10. The Morgan fingerprint density at radius 2 is 2.19 bits per heavy atom. The standard InChI is InChI=1S/C11H11N3O2/c1-16-10-5-3-2-4-8(10)13-11(15)9-6-7-12-14-9/h2-7H,1H3,(H,12,14)(H,13,15).